The molecule has 1 aromatic rings. The maximum Gasteiger partial charge on any atom is 0.327 e. The number of benzene rings is 1. The smallest absolute Gasteiger partial charge is 0.327 e. The van der Waals surface area contributed by atoms with Crippen LogP contribution >= 0.6 is 11.6 Å². The molecule has 0 atom stereocenters. The highest BCUT2D eigenvalue weighted by Crippen LogP contribution is 2.25. The molecular formula is C16H19ClN4O5S. The second-order valence-electron chi connectivity index (χ2n) is 6.33. The molecule has 2 aliphatic rings. The Bertz CT molecular complexity index is 883. The highest BCUT2D eigenvalue weighted by molar-refractivity contribution is 7.89. The summed E-state index contributed by atoms with van der Waals surface area (Å²) in [6.07, 6.45) is 0. The predicted molar refractivity (Wildman–Crippen MR) is 96.5 cm³/mol. The lowest BCUT2D eigenvalue weighted by Gasteiger charge is -2.34. The molecule has 2 fully saturated rings. The summed E-state index contributed by atoms with van der Waals surface area (Å²) in [5, 5.41) is 0.145. The van der Waals surface area contributed by atoms with E-state index in [2.05, 4.69) is 0 Å². The van der Waals surface area contributed by atoms with E-state index in [4.69, 9.17) is 11.6 Å². The molecule has 2 saturated heterocycles. The third kappa shape index (κ3) is 3.78. The van der Waals surface area contributed by atoms with E-state index in [0.717, 1.165) is 4.90 Å². The summed E-state index contributed by atoms with van der Waals surface area (Å²) >= 11 is 6.00. The van der Waals surface area contributed by atoms with Gasteiger partial charge in [-0.2, -0.15) is 4.31 Å². The van der Waals surface area contributed by atoms with Crippen molar-refractivity contribution < 1.29 is 22.8 Å². The minimum atomic E-state index is -3.75. The van der Waals surface area contributed by atoms with Crippen molar-refractivity contribution in [2.75, 3.05) is 46.3 Å². The molecule has 0 saturated carbocycles. The third-order valence-corrected chi connectivity index (χ3v) is 6.97. The van der Waals surface area contributed by atoms with Gasteiger partial charge in [0.1, 0.15) is 18.0 Å². The van der Waals surface area contributed by atoms with Gasteiger partial charge in [0.25, 0.3) is 5.91 Å². The number of carbonyl (C=O) groups is 3. The van der Waals surface area contributed by atoms with Gasteiger partial charge in [-0.15, -0.1) is 0 Å². The molecule has 0 aromatic heterocycles. The minimum Gasteiger partial charge on any atom is -0.338 e. The van der Waals surface area contributed by atoms with Crippen LogP contribution in [-0.4, -0.2) is 91.6 Å². The number of sulfonamides is 1. The van der Waals surface area contributed by atoms with E-state index < -0.39 is 22.0 Å². The van der Waals surface area contributed by atoms with E-state index in [-0.39, 0.29) is 55.1 Å². The van der Waals surface area contributed by atoms with Gasteiger partial charge in [-0.1, -0.05) is 23.7 Å². The van der Waals surface area contributed by atoms with Crippen molar-refractivity contribution in [3.8, 4) is 0 Å². The standard InChI is InChI=1S/C16H19ClN4O5S/c1-18-10-15(23)21(16(18)24)11-14(22)19-6-8-20(9-7-19)27(25,26)13-5-3-2-4-12(13)17/h2-5H,6-11H2,1H3. The fourth-order valence-electron chi connectivity index (χ4n) is 3.03. The summed E-state index contributed by atoms with van der Waals surface area (Å²) < 4.78 is 26.7. The molecule has 2 aliphatic heterocycles. The van der Waals surface area contributed by atoms with E-state index in [0.29, 0.717) is 0 Å². The number of rotatable bonds is 4. The van der Waals surface area contributed by atoms with Crippen molar-refractivity contribution in [3.63, 3.8) is 0 Å². The number of piperazine rings is 1. The molecule has 3 rings (SSSR count). The van der Waals surface area contributed by atoms with Gasteiger partial charge in [-0.05, 0) is 12.1 Å². The zero-order chi connectivity index (χ0) is 19.8. The average Bonchev–Trinajstić information content (AvgIpc) is 2.88. The van der Waals surface area contributed by atoms with Gasteiger partial charge in [0.05, 0.1) is 5.02 Å². The summed E-state index contributed by atoms with van der Waals surface area (Å²) in [6, 6.07) is 5.69. The van der Waals surface area contributed by atoms with E-state index >= 15 is 0 Å². The monoisotopic (exact) mass is 414 g/mol. The number of amides is 4. The van der Waals surface area contributed by atoms with E-state index in [1.165, 1.54) is 33.3 Å². The number of likely N-dealkylation sites (N-methyl/N-ethyl adjacent to an activating group) is 1. The first-order chi connectivity index (χ1) is 12.7. The van der Waals surface area contributed by atoms with Gasteiger partial charge >= 0.3 is 6.03 Å². The van der Waals surface area contributed by atoms with E-state index in [1.807, 2.05) is 0 Å². The van der Waals surface area contributed by atoms with Crippen molar-refractivity contribution in [1.29, 1.82) is 0 Å². The maximum atomic E-state index is 12.7. The molecule has 4 amide bonds. The molecule has 0 bridgehead atoms. The molecule has 27 heavy (non-hydrogen) atoms. The van der Waals surface area contributed by atoms with Crippen LogP contribution in [0.4, 0.5) is 4.79 Å². The lowest BCUT2D eigenvalue weighted by atomic mass is 10.3. The fourth-order valence-corrected chi connectivity index (χ4v) is 4.95. The number of urea groups is 1. The molecule has 0 spiro atoms. The van der Waals surface area contributed by atoms with Gasteiger partial charge in [0.2, 0.25) is 15.9 Å². The van der Waals surface area contributed by atoms with Crippen molar-refractivity contribution in [1.82, 2.24) is 19.0 Å². The number of nitrogens with zero attached hydrogens (tertiary/aromatic N) is 4. The van der Waals surface area contributed by atoms with Crippen LogP contribution < -0.4 is 0 Å². The zero-order valence-electron chi connectivity index (χ0n) is 14.7. The number of carbonyl (C=O) groups excluding carboxylic acids is 3. The molecule has 0 aliphatic carbocycles. The number of imide groups is 1. The normalized spacial score (nSPS) is 19.1. The Labute approximate surface area is 162 Å². The molecular weight excluding hydrogens is 396 g/mol. The highest BCUT2D eigenvalue weighted by Gasteiger charge is 2.37. The first kappa shape index (κ1) is 19.6. The van der Waals surface area contributed by atoms with Crippen molar-refractivity contribution in [2.45, 2.75) is 4.90 Å². The van der Waals surface area contributed by atoms with Crippen molar-refractivity contribution in [3.05, 3.63) is 29.3 Å². The first-order valence-electron chi connectivity index (χ1n) is 8.29. The SMILES string of the molecule is CN1CC(=O)N(CC(=O)N2CCN(S(=O)(=O)c3ccccc3Cl)CC2)C1=O. The molecule has 11 heteroatoms. The number of hydrogen-bond donors (Lipinski definition) is 0. The molecule has 9 nitrogen and oxygen atoms in total. The van der Waals surface area contributed by atoms with Crippen LogP contribution in [0.1, 0.15) is 0 Å². The fraction of sp³-hybridized carbons (Fsp3) is 0.438. The van der Waals surface area contributed by atoms with Crippen LogP contribution in [0, 0.1) is 0 Å². The van der Waals surface area contributed by atoms with Crippen LogP contribution in [0.2, 0.25) is 5.02 Å². The van der Waals surface area contributed by atoms with Gasteiger partial charge in [-0.3, -0.25) is 14.5 Å². The van der Waals surface area contributed by atoms with Gasteiger partial charge in [-0.25, -0.2) is 13.2 Å². The summed E-state index contributed by atoms with van der Waals surface area (Å²) in [5.41, 5.74) is 0. The lowest BCUT2D eigenvalue weighted by Crippen LogP contribution is -2.53. The largest absolute Gasteiger partial charge is 0.338 e. The second-order valence-corrected chi connectivity index (χ2v) is 8.65. The van der Waals surface area contributed by atoms with Crippen LogP contribution in [0.25, 0.3) is 0 Å². The molecule has 146 valence electrons. The van der Waals surface area contributed by atoms with E-state index in [9.17, 15) is 22.8 Å². The molecule has 0 N–H and O–H groups in total. The van der Waals surface area contributed by atoms with Crippen LogP contribution in [0.5, 0.6) is 0 Å². The molecule has 0 unspecified atom stereocenters. The summed E-state index contributed by atoms with van der Waals surface area (Å²) in [4.78, 5) is 39.7. The number of hydrogen-bond acceptors (Lipinski definition) is 5. The minimum absolute atomic E-state index is 0.0303. The second kappa shape index (κ2) is 7.45. The quantitative estimate of drug-likeness (QED) is 0.649. The molecule has 0 radical (unpaired) electrons. The zero-order valence-corrected chi connectivity index (χ0v) is 16.2. The Balaban J connectivity index is 1.62. The van der Waals surface area contributed by atoms with Crippen LogP contribution in [0.3, 0.4) is 0 Å². The summed E-state index contributed by atoms with van der Waals surface area (Å²) in [7, 11) is -2.26. The Kier molecular flexibility index (Phi) is 5.41. The van der Waals surface area contributed by atoms with Gasteiger partial charge < -0.3 is 9.80 Å². The maximum absolute atomic E-state index is 12.7. The molecule has 2 heterocycles. The Morgan fingerprint density at radius 3 is 2.30 bits per heavy atom. The van der Waals surface area contributed by atoms with Crippen molar-refractivity contribution in [2.24, 2.45) is 0 Å². The third-order valence-electron chi connectivity index (χ3n) is 4.57. The summed E-state index contributed by atoms with van der Waals surface area (Å²) in [5.74, 6) is -0.808. The lowest BCUT2D eigenvalue weighted by molar-refractivity contribution is -0.137. The topological polar surface area (TPSA) is 98.3 Å². The predicted octanol–water partition coefficient (Wildman–Crippen LogP) is 0.0669. The summed E-state index contributed by atoms with van der Waals surface area (Å²) in [6.45, 7) is 0.195. The Morgan fingerprint density at radius 1 is 1.11 bits per heavy atom. The average molecular weight is 415 g/mol. The first-order valence-corrected chi connectivity index (χ1v) is 10.1. The van der Waals surface area contributed by atoms with Crippen molar-refractivity contribution >= 4 is 39.5 Å². The molecule has 1 aromatic carbocycles. The number of halogens is 1. The Hall–Kier alpha value is -2.17. The van der Waals surface area contributed by atoms with Gasteiger partial charge in [0, 0.05) is 33.2 Å². The van der Waals surface area contributed by atoms with Crippen LogP contribution in [-0.2, 0) is 19.6 Å². The van der Waals surface area contributed by atoms with Gasteiger partial charge in [0.15, 0.2) is 0 Å². The van der Waals surface area contributed by atoms with Crippen LogP contribution in [0.15, 0.2) is 29.2 Å². The Morgan fingerprint density at radius 2 is 1.74 bits per heavy atom. The van der Waals surface area contributed by atoms with E-state index in [1.54, 1.807) is 12.1 Å². The highest BCUT2D eigenvalue weighted by atomic mass is 35.5.